The molecule has 5 nitrogen and oxygen atoms in total. The summed E-state index contributed by atoms with van der Waals surface area (Å²) in [7, 11) is 0. The van der Waals surface area contributed by atoms with Crippen LogP contribution in [-0.2, 0) is 6.54 Å². The molecule has 1 atom stereocenters. The smallest absolute Gasteiger partial charge is 0.137 e. The van der Waals surface area contributed by atoms with E-state index in [0.29, 0.717) is 0 Å². The van der Waals surface area contributed by atoms with Gasteiger partial charge in [-0.25, -0.2) is 9.67 Å². The van der Waals surface area contributed by atoms with Crippen LogP contribution in [0.15, 0.2) is 36.9 Å². The Morgan fingerprint density at radius 2 is 2.05 bits per heavy atom. The molecular formula is C15H22N4O. The van der Waals surface area contributed by atoms with E-state index in [0.717, 1.165) is 25.2 Å². The lowest BCUT2D eigenvalue weighted by Crippen LogP contribution is -2.29. The topological polar surface area (TPSA) is 63.0 Å². The van der Waals surface area contributed by atoms with Crippen molar-refractivity contribution in [1.29, 1.82) is 0 Å². The molecule has 5 heteroatoms. The van der Waals surface area contributed by atoms with Crippen molar-refractivity contribution in [2.24, 2.45) is 5.41 Å². The molecule has 0 amide bonds. The van der Waals surface area contributed by atoms with Gasteiger partial charge in [0.15, 0.2) is 0 Å². The van der Waals surface area contributed by atoms with Gasteiger partial charge < -0.3 is 10.4 Å². The third-order valence-corrected chi connectivity index (χ3v) is 3.72. The van der Waals surface area contributed by atoms with E-state index in [-0.39, 0.29) is 12.0 Å². The minimum atomic E-state index is -0.0700. The molecule has 0 saturated heterocycles. The lowest BCUT2D eigenvalue weighted by Gasteiger charge is -2.26. The standard InChI is InChI=1S/C15H22N4O/c1-3-15(2,10-20)9-17-14-6-4-13(5-7-14)8-19-12-16-11-18-19/h4-7,11-12,17,20H,3,8-10H2,1-2H3. The van der Waals surface area contributed by atoms with Gasteiger partial charge in [0.05, 0.1) is 13.2 Å². The van der Waals surface area contributed by atoms with Crippen LogP contribution in [0.5, 0.6) is 0 Å². The second kappa shape index (κ2) is 6.52. The highest BCUT2D eigenvalue weighted by atomic mass is 16.3. The number of nitrogens with zero attached hydrogens (tertiary/aromatic N) is 3. The maximum atomic E-state index is 9.40. The summed E-state index contributed by atoms with van der Waals surface area (Å²) in [5.41, 5.74) is 2.18. The van der Waals surface area contributed by atoms with E-state index in [9.17, 15) is 5.11 Å². The van der Waals surface area contributed by atoms with Crippen molar-refractivity contribution in [2.45, 2.75) is 26.8 Å². The maximum absolute atomic E-state index is 9.40. The number of rotatable bonds is 7. The van der Waals surface area contributed by atoms with Gasteiger partial charge in [-0.2, -0.15) is 5.10 Å². The van der Waals surface area contributed by atoms with Crippen LogP contribution in [0.1, 0.15) is 25.8 Å². The number of hydrogen-bond acceptors (Lipinski definition) is 4. The molecule has 2 N–H and O–H groups in total. The zero-order valence-corrected chi connectivity index (χ0v) is 12.1. The van der Waals surface area contributed by atoms with Crippen LogP contribution in [0.2, 0.25) is 0 Å². The van der Waals surface area contributed by atoms with Crippen LogP contribution < -0.4 is 5.32 Å². The summed E-state index contributed by atoms with van der Waals surface area (Å²) in [4.78, 5) is 3.93. The van der Waals surface area contributed by atoms with Crippen molar-refractivity contribution in [3.63, 3.8) is 0 Å². The summed E-state index contributed by atoms with van der Waals surface area (Å²) in [6.45, 7) is 5.87. The summed E-state index contributed by atoms with van der Waals surface area (Å²) in [6.07, 6.45) is 4.19. The Kier molecular flexibility index (Phi) is 4.74. The van der Waals surface area contributed by atoms with E-state index < -0.39 is 0 Å². The van der Waals surface area contributed by atoms with Gasteiger partial charge in [0.1, 0.15) is 12.7 Å². The SMILES string of the molecule is CCC(C)(CO)CNc1ccc(Cn2cncn2)cc1. The molecule has 0 aliphatic heterocycles. The van der Waals surface area contributed by atoms with Crippen molar-refractivity contribution in [1.82, 2.24) is 14.8 Å². The van der Waals surface area contributed by atoms with E-state index in [1.54, 1.807) is 11.0 Å². The summed E-state index contributed by atoms with van der Waals surface area (Å²) < 4.78 is 1.79. The van der Waals surface area contributed by atoms with E-state index in [1.807, 2.05) is 0 Å². The van der Waals surface area contributed by atoms with Gasteiger partial charge in [-0.05, 0) is 24.1 Å². The van der Waals surface area contributed by atoms with Crippen molar-refractivity contribution < 1.29 is 5.11 Å². The van der Waals surface area contributed by atoms with E-state index in [4.69, 9.17) is 0 Å². The Labute approximate surface area is 119 Å². The van der Waals surface area contributed by atoms with Gasteiger partial charge in [0.25, 0.3) is 0 Å². The number of benzene rings is 1. The first-order valence-corrected chi connectivity index (χ1v) is 6.91. The van der Waals surface area contributed by atoms with Gasteiger partial charge in [-0.1, -0.05) is 26.0 Å². The lowest BCUT2D eigenvalue weighted by molar-refractivity contribution is 0.149. The fourth-order valence-electron chi connectivity index (χ4n) is 1.84. The fraction of sp³-hybridized carbons (Fsp3) is 0.467. The quantitative estimate of drug-likeness (QED) is 0.812. The number of hydrogen-bond donors (Lipinski definition) is 2. The number of aliphatic hydroxyl groups is 1. The molecule has 1 aromatic carbocycles. The molecule has 0 aliphatic carbocycles. The average molecular weight is 274 g/mol. The molecule has 108 valence electrons. The van der Waals surface area contributed by atoms with Gasteiger partial charge in [-0.3, -0.25) is 0 Å². The Hall–Kier alpha value is -1.88. The Balaban J connectivity index is 1.91. The largest absolute Gasteiger partial charge is 0.396 e. The zero-order valence-electron chi connectivity index (χ0n) is 12.1. The van der Waals surface area contributed by atoms with Gasteiger partial charge >= 0.3 is 0 Å². The van der Waals surface area contributed by atoms with Gasteiger partial charge in [0, 0.05) is 17.6 Å². The predicted molar refractivity (Wildman–Crippen MR) is 79.5 cm³/mol. The zero-order chi connectivity index (χ0) is 14.4. The highest BCUT2D eigenvalue weighted by molar-refractivity contribution is 5.44. The van der Waals surface area contributed by atoms with Crippen LogP contribution in [0.25, 0.3) is 0 Å². The molecule has 2 aromatic rings. The highest BCUT2D eigenvalue weighted by Gasteiger charge is 2.20. The normalized spacial score (nSPS) is 13.9. The number of anilines is 1. The first-order valence-electron chi connectivity index (χ1n) is 6.91. The van der Waals surface area contributed by atoms with Crippen molar-refractivity contribution >= 4 is 5.69 Å². The Bertz CT molecular complexity index is 503. The van der Waals surface area contributed by atoms with Crippen LogP contribution in [0.3, 0.4) is 0 Å². The molecule has 0 fully saturated rings. The minimum absolute atomic E-state index is 0.0700. The molecule has 0 bridgehead atoms. The van der Waals surface area contributed by atoms with E-state index in [1.165, 1.54) is 11.9 Å². The van der Waals surface area contributed by atoms with E-state index in [2.05, 4.69) is 53.5 Å². The van der Waals surface area contributed by atoms with Gasteiger partial charge in [-0.15, -0.1) is 0 Å². The van der Waals surface area contributed by atoms with Crippen LogP contribution >= 0.6 is 0 Å². The minimum Gasteiger partial charge on any atom is -0.396 e. The van der Waals surface area contributed by atoms with Crippen LogP contribution in [0, 0.1) is 5.41 Å². The number of aliphatic hydroxyl groups excluding tert-OH is 1. The predicted octanol–water partition coefficient (Wildman–Crippen LogP) is 2.15. The molecule has 1 aromatic heterocycles. The highest BCUT2D eigenvalue weighted by Crippen LogP contribution is 2.21. The summed E-state index contributed by atoms with van der Waals surface area (Å²) in [5, 5.41) is 16.9. The first-order chi connectivity index (χ1) is 9.65. The molecule has 1 unspecified atom stereocenters. The summed E-state index contributed by atoms with van der Waals surface area (Å²) in [6, 6.07) is 8.26. The Morgan fingerprint density at radius 3 is 2.60 bits per heavy atom. The Morgan fingerprint density at radius 1 is 1.30 bits per heavy atom. The van der Waals surface area contributed by atoms with Crippen LogP contribution in [0.4, 0.5) is 5.69 Å². The molecular weight excluding hydrogens is 252 g/mol. The second-order valence-corrected chi connectivity index (χ2v) is 5.47. The molecule has 0 saturated carbocycles. The van der Waals surface area contributed by atoms with Gasteiger partial charge in [0.2, 0.25) is 0 Å². The van der Waals surface area contributed by atoms with Crippen LogP contribution in [-0.4, -0.2) is 33.0 Å². The van der Waals surface area contributed by atoms with Crippen molar-refractivity contribution in [3.05, 3.63) is 42.5 Å². The molecule has 1 heterocycles. The number of nitrogens with one attached hydrogen (secondary N) is 1. The van der Waals surface area contributed by atoms with Crippen molar-refractivity contribution in [3.8, 4) is 0 Å². The average Bonchev–Trinajstić information content (AvgIpc) is 2.99. The molecule has 2 rings (SSSR count). The van der Waals surface area contributed by atoms with Crippen molar-refractivity contribution in [2.75, 3.05) is 18.5 Å². The molecule has 0 aliphatic rings. The summed E-state index contributed by atoms with van der Waals surface area (Å²) in [5.74, 6) is 0. The maximum Gasteiger partial charge on any atom is 0.137 e. The molecule has 20 heavy (non-hydrogen) atoms. The fourth-order valence-corrected chi connectivity index (χ4v) is 1.84. The third kappa shape index (κ3) is 3.81. The second-order valence-electron chi connectivity index (χ2n) is 5.47. The lowest BCUT2D eigenvalue weighted by atomic mass is 9.88. The summed E-state index contributed by atoms with van der Waals surface area (Å²) >= 11 is 0. The van der Waals surface area contributed by atoms with E-state index >= 15 is 0 Å². The first kappa shape index (κ1) is 14.5. The monoisotopic (exact) mass is 274 g/mol. The number of aromatic nitrogens is 3. The molecule has 0 spiro atoms. The third-order valence-electron chi connectivity index (χ3n) is 3.72. The molecule has 0 radical (unpaired) electrons.